The van der Waals surface area contributed by atoms with Gasteiger partial charge in [0, 0.05) is 4.90 Å². The highest BCUT2D eigenvalue weighted by Gasteiger charge is 2.11. The van der Waals surface area contributed by atoms with Crippen LogP contribution in [0.3, 0.4) is 0 Å². The predicted molar refractivity (Wildman–Crippen MR) is 99.0 cm³/mol. The van der Waals surface area contributed by atoms with Crippen LogP contribution in [-0.4, -0.2) is 30.8 Å². The van der Waals surface area contributed by atoms with Gasteiger partial charge in [0.2, 0.25) is 0 Å². The second-order valence-electron chi connectivity index (χ2n) is 5.08. The van der Waals surface area contributed by atoms with Gasteiger partial charge in [0.05, 0.1) is 29.1 Å². The van der Waals surface area contributed by atoms with Crippen LogP contribution in [0, 0.1) is 22.7 Å². The number of hydrogen-bond acceptors (Lipinski definition) is 7. The van der Waals surface area contributed by atoms with Gasteiger partial charge in [0.15, 0.2) is 13.2 Å². The molecule has 7 nitrogen and oxygen atoms in total. The van der Waals surface area contributed by atoms with Crippen molar-refractivity contribution >= 4 is 29.3 Å². The van der Waals surface area contributed by atoms with Crippen molar-refractivity contribution in [2.45, 2.75) is 4.90 Å². The molecule has 1 N–H and O–H groups in total. The zero-order chi connectivity index (χ0) is 19.5. The number of para-hydroxylation sites is 1. The summed E-state index contributed by atoms with van der Waals surface area (Å²) >= 11 is 1.30. The molecule has 0 unspecified atom stereocenters. The van der Waals surface area contributed by atoms with E-state index in [1.807, 2.05) is 12.1 Å². The molecular weight excluding hydrogens is 366 g/mol. The third-order valence-electron chi connectivity index (χ3n) is 3.16. The number of anilines is 1. The fraction of sp³-hybridized carbons (Fsp3) is 0.158. The summed E-state index contributed by atoms with van der Waals surface area (Å²) in [6.45, 7) is -0.805. The summed E-state index contributed by atoms with van der Waals surface area (Å²) in [4.78, 5) is 24.4. The van der Waals surface area contributed by atoms with Crippen molar-refractivity contribution in [2.24, 2.45) is 0 Å². The third-order valence-corrected chi connectivity index (χ3v) is 4.10. The van der Waals surface area contributed by atoms with Crippen molar-refractivity contribution in [3.8, 4) is 17.9 Å². The van der Waals surface area contributed by atoms with Crippen LogP contribution >= 0.6 is 11.8 Å². The number of nitrogens with one attached hydrogen (secondary N) is 1. The number of hydrogen-bond donors (Lipinski definition) is 1. The number of nitriles is 2. The topological polar surface area (TPSA) is 112 Å². The molecule has 0 bridgehead atoms. The molecule has 1 amide bonds. The molecule has 0 heterocycles. The Bertz CT molecular complexity index is 885. The van der Waals surface area contributed by atoms with Crippen LogP contribution in [0.1, 0.15) is 5.56 Å². The quantitative estimate of drug-likeness (QED) is 0.552. The Morgan fingerprint density at radius 1 is 1.04 bits per heavy atom. The molecule has 0 aliphatic rings. The molecule has 27 heavy (non-hydrogen) atoms. The standard InChI is InChI=1S/C19H15N3O4S/c20-9-10-27-17-4-2-1-3-16(17)22-18(23)12-26-19(24)13-25-15-7-5-14(11-21)6-8-15/h1-8H,10,12-13H2,(H,22,23). The van der Waals surface area contributed by atoms with Gasteiger partial charge in [-0.2, -0.15) is 10.5 Å². The lowest BCUT2D eigenvalue weighted by atomic mass is 10.2. The van der Waals surface area contributed by atoms with Gasteiger partial charge in [0.25, 0.3) is 5.91 Å². The minimum atomic E-state index is -0.693. The number of nitrogens with zero attached hydrogens (tertiary/aromatic N) is 2. The number of benzene rings is 2. The summed E-state index contributed by atoms with van der Waals surface area (Å²) in [5, 5.41) is 20.0. The molecule has 0 spiro atoms. The summed E-state index contributed by atoms with van der Waals surface area (Å²) in [5.41, 5.74) is 1.03. The Hall–Kier alpha value is -3.49. The second-order valence-corrected chi connectivity index (χ2v) is 6.09. The summed E-state index contributed by atoms with van der Waals surface area (Å²) in [7, 11) is 0. The first-order chi connectivity index (χ1) is 13.1. The molecule has 0 saturated carbocycles. The van der Waals surface area contributed by atoms with E-state index >= 15 is 0 Å². The average molecular weight is 381 g/mol. The molecule has 0 fully saturated rings. The minimum Gasteiger partial charge on any atom is -0.482 e. The van der Waals surface area contributed by atoms with E-state index in [0.29, 0.717) is 17.0 Å². The molecule has 8 heteroatoms. The average Bonchev–Trinajstić information content (AvgIpc) is 2.70. The van der Waals surface area contributed by atoms with E-state index in [4.69, 9.17) is 20.0 Å². The van der Waals surface area contributed by atoms with Gasteiger partial charge >= 0.3 is 5.97 Å². The van der Waals surface area contributed by atoms with Gasteiger partial charge in [-0.1, -0.05) is 12.1 Å². The van der Waals surface area contributed by atoms with Gasteiger partial charge in [0.1, 0.15) is 5.75 Å². The van der Waals surface area contributed by atoms with Crippen molar-refractivity contribution in [3.05, 3.63) is 54.1 Å². The van der Waals surface area contributed by atoms with Crippen LogP contribution in [0.5, 0.6) is 5.75 Å². The molecule has 0 atom stereocenters. The molecular formula is C19H15N3O4S. The number of esters is 1. The van der Waals surface area contributed by atoms with E-state index in [2.05, 4.69) is 5.32 Å². The van der Waals surface area contributed by atoms with Crippen LogP contribution in [-0.2, 0) is 14.3 Å². The zero-order valence-electron chi connectivity index (χ0n) is 14.2. The molecule has 0 aliphatic heterocycles. The lowest BCUT2D eigenvalue weighted by Gasteiger charge is -2.10. The fourth-order valence-electron chi connectivity index (χ4n) is 1.95. The predicted octanol–water partition coefficient (Wildman–Crippen LogP) is 2.73. The minimum absolute atomic E-state index is 0.258. The van der Waals surface area contributed by atoms with Gasteiger partial charge < -0.3 is 14.8 Å². The molecule has 0 aromatic heterocycles. The van der Waals surface area contributed by atoms with Crippen LogP contribution in [0.25, 0.3) is 0 Å². The highest BCUT2D eigenvalue weighted by Crippen LogP contribution is 2.26. The number of carbonyl (C=O) groups is 2. The maximum atomic E-state index is 12.0. The second kappa shape index (κ2) is 10.5. The summed E-state index contributed by atoms with van der Waals surface area (Å²) in [5.74, 6) is -0.513. The first kappa shape index (κ1) is 19.8. The van der Waals surface area contributed by atoms with E-state index < -0.39 is 18.5 Å². The first-order valence-corrected chi connectivity index (χ1v) is 8.78. The fourth-order valence-corrected chi connectivity index (χ4v) is 2.62. The van der Waals surface area contributed by atoms with Gasteiger partial charge in [-0.3, -0.25) is 4.79 Å². The monoisotopic (exact) mass is 381 g/mol. The normalized spacial score (nSPS) is 9.56. The number of amides is 1. The van der Waals surface area contributed by atoms with E-state index in [0.717, 1.165) is 4.90 Å². The van der Waals surface area contributed by atoms with Gasteiger partial charge in [-0.25, -0.2) is 4.79 Å². The van der Waals surface area contributed by atoms with E-state index in [9.17, 15) is 9.59 Å². The van der Waals surface area contributed by atoms with Crippen LogP contribution < -0.4 is 10.1 Å². The Balaban J connectivity index is 1.77. The zero-order valence-corrected chi connectivity index (χ0v) is 15.0. The maximum Gasteiger partial charge on any atom is 0.344 e. The molecule has 0 radical (unpaired) electrons. The maximum absolute atomic E-state index is 12.0. The molecule has 136 valence electrons. The van der Waals surface area contributed by atoms with E-state index in [-0.39, 0.29) is 12.4 Å². The Morgan fingerprint density at radius 3 is 2.48 bits per heavy atom. The molecule has 2 aromatic carbocycles. The number of carbonyl (C=O) groups excluding carboxylic acids is 2. The number of ether oxygens (including phenoxy) is 2. The third kappa shape index (κ3) is 6.73. The van der Waals surface area contributed by atoms with Crippen LogP contribution in [0.15, 0.2) is 53.4 Å². The first-order valence-electron chi connectivity index (χ1n) is 7.79. The molecule has 0 saturated heterocycles. The van der Waals surface area contributed by atoms with Crippen molar-refractivity contribution in [2.75, 3.05) is 24.3 Å². The Kier molecular flexibility index (Phi) is 7.70. The summed E-state index contributed by atoms with van der Waals surface area (Å²) in [6, 6.07) is 17.3. The highest BCUT2D eigenvalue weighted by atomic mass is 32.2. The van der Waals surface area contributed by atoms with Crippen molar-refractivity contribution < 1.29 is 19.1 Å². The lowest BCUT2D eigenvalue weighted by Crippen LogP contribution is -2.23. The van der Waals surface area contributed by atoms with Crippen LogP contribution in [0.4, 0.5) is 5.69 Å². The van der Waals surface area contributed by atoms with Crippen molar-refractivity contribution in [3.63, 3.8) is 0 Å². The Labute approximate surface area is 160 Å². The summed E-state index contributed by atoms with van der Waals surface area (Å²) in [6.07, 6.45) is 0. The lowest BCUT2D eigenvalue weighted by molar-refractivity contribution is -0.149. The van der Waals surface area contributed by atoms with Crippen LogP contribution in [0.2, 0.25) is 0 Å². The largest absolute Gasteiger partial charge is 0.482 e. The van der Waals surface area contributed by atoms with E-state index in [1.54, 1.807) is 48.5 Å². The van der Waals surface area contributed by atoms with Crippen molar-refractivity contribution in [1.29, 1.82) is 10.5 Å². The molecule has 0 aliphatic carbocycles. The van der Waals surface area contributed by atoms with Crippen molar-refractivity contribution in [1.82, 2.24) is 0 Å². The van der Waals surface area contributed by atoms with Gasteiger partial charge in [-0.05, 0) is 36.4 Å². The SMILES string of the molecule is N#CCSc1ccccc1NC(=O)COC(=O)COc1ccc(C#N)cc1. The molecule has 2 aromatic rings. The van der Waals surface area contributed by atoms with Gasteiger partial charge in [-0.15, -0.1) is 11.8 Å². The smallest absolute Gasteiger partial charge is 0.344 e. The molecule has 2 rings (SSSR count). The number of thioether (sulfide) groups is 1. The van der Waals surface area contributed by atoms with E-state index in [1.165, 1.54) is 11.8 Å². The highest BCUT2D eigenvalue weighted by molar-refractivity contribution is 7.99. The summed E-state index contributed by atoms with van der Waals surface area (Å²) < 4.78 is 10.1. The Morgan fingerprint density at radius 2 is 1.78 bits per heavy atom. The number of rotatable bonds is 8.